The molecule has 0 radical (unpaired) electrons. The highest BCUT2D eigenvalue weighted by atomic mass is 32.2. The molecule has 1 rings (SSSR count). The van der Waals surface area contributed by atoms with Gasteiger partial charge in [-0.1, -0.05) is 0 Å². The van der Waals surface area contributed by atoms with Crippen molar-refractivity contribution in [1.29, 1.82) is 4.78 Å². The van der Waals surface area contributed by atoms with Crippen molar-refractivity contribution in [2.45, 2.75) is 18.4 Å². The van der Waals surface area contributed by atoms with Gasteiger partial charge in [0, 0.05) is 21.2 Å². The van der Waals surface area contributed by atoms with Crippen LogP contribution in [-0.2, 0) is 19.3 Å². The van der Waals surface area contributed by atoms with Gasteiger partial charge in [-0.2, -0.15) is 0 Å². The van der Waals surface area contributed by atoms with E-state index in [2.05, 4.69) is 4.74 Å². The minimum atomic E-state index is -2.48. The Balaban J connectivity index is 2.72. The fourth-order valence-electron chi connectivity index (χ4n) is 1.33. The minimum Gasteiger partial charge on any atom is -0.468 e. The average molecular weight is 206 g/mol. The Hall–Kier alpha value is -0.620. The third-order valence-corrected chi connectivity index (χ3v) is 4.07. The van der Waals surface area contributed by atoms with Gasteiger partial charge in [-0.15, -0.1) is 0 Å². The molecule has 0 unspecified atom stereocenters. The number of esters is 1. The van der Waals surface area contributed by atoms with Crippen molar-refractivity contribution < 1.29 is 13.7 Å². The highest BCUT2D eigenvalue weighted by Gasteiger charge is 2.39. The first-order valence-corrected chi connectivity index (χ1v) is 5.91. The second-order valence-corrected chi connectivity index (χ2v) is 5.81. The van der Waals surface area contributed by atoms with Crippen LogP contribution in [0.25, 0.3) is 0 Å². The molecule has 0 aliphatic carbocycles. The fourth-order valence-corrected chi connectivity index (χ4v) is 2.92. The Labute approximate surface area is 77.6 Å². The van der Waals surface area contributed by atoms with Gasteiger partial charge in [0.1, 0.15) is 5.54 Å². The molecule has 0 aromatic carbocycles. The Kier molecular flexibility index (Phi) is 2.63. The standard InChI is InChI=1S/C7H14N2O3S/c1-12-6(10)7(8)2-4-13(9,11)5-3-7/h9H,2-5,8H2,1H3. The van der Waals surface area contributed by atoms with E-state index in [9.17, 15) is 9.00 Å². The molecule has 0 spiro atoms. The van der Waals surface area contributed by atoms with Gasteiger partial charge in [0.05, 0.1) is 7.11 Å². The Bertz CT molecular complexity index is 296. The van der Waals surface area contributed by atoms with Crippen molar-refractivity contribution in [2.75, 3.05) is 18.6 Å². The highest BCUT2D eigenvalue weighted by molar-refractivity contribution is 7.92. The molecule has 1 aliphatic heterocycles. The normalized spacial score (nSPS) is 39.8. The molecule has 0 saturated carbocycles. The third-order valence-electron chi connectivity index (χ3n) is 2.35. The number of carbonyl (C=O) groups excluding carboxylic acids is 1. The van der Waals surface area contributed by atoms with Crippen LogP contribution in [0.2, 0.25) is 0 Å². The zero-order valence-corrected chi connectivity index (χ0v) is 8.36. The van der Waals surface area contributed by atoms with Gasteiger partial charge in [0.2, 0.25) is 0 Å². The van der Waals surface area contributed by atoms with Gasteiger partial charge in [-0.05, 0) is 12.8 Å². The lowest BCUT2D eigenvalue weighted by atomic mass is 9.94. The summed E-state index contributed by atoms with van der Waals surface area (Å²) in [5, 5.41) is 0. The van der Waals surface area contributed by atoms with Crippen LogP contribution in [0.5, 0.6) is 0 Å². The molecule has 1 aliphatic rings. The monoisotopic (exact) mass is 206 g/mol. The number of nitrogens with one attached hydrogen (secondary N) is 1. The third kappa shape index (κ3) is 2.19. The first-order valence-electron chi connectivity index (χ1n) is 4.01. The van der Waals surface area contributed by atoms with Crippen molar-refractivity contribution in [3.63, 3.8) is 0 Å². The van der Waals surface area contributed by atoms with Crippen LogP contribution in [0.3, 0.4) is 0 Å². The van der Waals surface area contributed by atoms with E-state index in [0.717, 1.165) is 0 Å². The smallest absolute Gasteiger partial charge is 0.325 e. The molecular weight excluding hydrogens is 192 g/mol. The highest BCUT2D eigenvalue weighted by Crippen LogP contribution is 2.22. The summed E-state index contributed by atoms with van der Waals surface area (Å²) in [4.78, 5) is 11.2. The molecular formula is C7H14N2O3S. The van der Waals surface area contributed by atoms with Crippen LogP contribution in [0.4, 0.5) is 0 Å². The average Bonchev–Trinajstić information content (AvgIpc) is 2.09. The summed E-state index contributed by atoms with van der Waals surface area (Å²) in [6.45, 7) is 0. The predicted molar refractivity (Wildman–Crippen MR) is 48.8 cm³/mol. The Morgan fingerprint density at radius 3 is 2.38 bits per heavy atom. The topological polar surface area (TPSA) is 93.2 Å². The van der Waals surface area contributed by atoms with E-state index in [-0.39, 0.29) is 24.3 Å². The summed E-state index contributed by atoms with van der Waals surface area (Å²) >= 11 is 0. The lowest BCUT2D eigenvalue weighted by molar-refractivity contribution is -0.147. The molecule has 76 valence electrons. The lowest BCUT2D eigenvalue weighted by Crippen LogP contribution is -2.53. The minimum absolute atomic E-state index is 0.193. The number of hydrogen-bond donors (Lipinski definition) is 2. The second-order valence-electron chi connectivity index (χ2n) is 3.37. The van der Waals surface area contributed by atoms with E-state index >= 15 is 0 Å². The largest absolute Gasteiger partial charge is 0.468 e. The Morgan fingerprint density at radius 1 is 1.54 bits per heavy atom. The summed E-state index contributed by atoms with van der Waals surface area (Å²) < 4.78 is 23.1. The quantitative estimate of drug-likeness (QED) is 0.576. The summed E-state index contributed by atoms with van der Waals surface area (Å²) in [6, 6.07) is 0. The van der Waals surface area contributed by atoms with Crippen molar-refractivity contribution in [1.82, 2.24) is 0 Å². The van der Waals surface area contributed by atoms with Crippen molar-refractivity contribution in [3.05, 3.63) is 0 Å². The van der Waals surface area contributed by atoms with Gasteiger partial charge >= 0.3 is 5.97 Å². The van der Waals surface area contributed by atoms with Gasteiger partial charge < -0.3 is 10.5 Å². The van der Waals surface area contributed by atoms with Crippen LogP contribution in [0.1, 0.15) is 12.8 Å². The van der Waals surface area contributed by atoms with Gasteiger partial charge in [0.15, 0.2) is 0 Å². The van der Waals surface area contributed by atoms with E-state index in [1.165, 1.54) is 7.11 Å². The molecule has 1 fully saturated rings. The molecule has 3 N–H and O–H groups in total. The molecule has 0 atom stereocenters. The van der Waals surface area contributed by atoms with E-state index in [0.29, 0.717) is 0 Å². The van der Waals surface area contributed by atoms with Crippen LogP contribution < -0.4 is 5.73 Å². The van der Waals surface area contributed by atoms with E-state index < -0.39 is 21.2 Å². The van der Waals surface area contributed by atoms with E-state index in [4.69, 9.17) is 10.5 Å². The van der Waals surface area contributed by atoms with Crippen LogP contribution in [0, 0.1) is 4.78 Å². The van der Waals surface area contributed by atoms with Gasteiger partial charge in [-0.25, -0.2) is 4.21 Å². The predicted octanol–water partition coefficient (Wildman–Crippen LogP) is -0.303. The summed E-state index contributed by atoms with van der Waals surface area (Å²) in [5.74, 6) is -0.0839. The van der Waals surface area contributed by atoms with Crippen LogP contribution in [-0.4, -0.2) is 34.3 Å². The summed E-state index contributed by atoms with van der Waals surface area (Å²) in [7, 11) is -1.20. The molecule has 5 nitrogen and oxygen atoms in total. The molecule has 1 saturated heterocycles. The van der Waals surface area contributed by atoms with E-state index in [1.54, 1.807) is 0 Å². The molecule has 0 amide bonds. The maximum Gasteiger partial charge on any atom is 0.325 e. The molecule has 0 bridgehead atoms. The summed E-state index contributed by atoms with van der Waals surface area (Å²) in [6.07, 6.45) is 0.560. The molecule has 0 aromatic rings. The van der Waals surface area contributed by atoms with Crippen molar-refractivity contribution in [2.24, 2.45) is 5.73 Å². The number of methoxy groups -OCH3 is 1. The van der Waals surface area contributed by atoms with Crippen LogP contribution >= 0.6 is 0 Å². The lowest BCUT2D eigenvalue weighted by Gasteiger charge is -2.31. The maximum absolute atomic E-state index is 11.3. The van der Waals surface area contributed by atoms with Crippen LogP contribution in [0.15, 0.2) is 0 Å². The fraction of sp³-hybridized carbons (Fsp3) is 0.857. The first kappa shape index (κ1) is 10.5. The number of carbonyl (C=O) groups is 1. The zero-order chi connectivity index (χ0) is 10.1. The Morgan fingerprint density at radius 2 is 2.00 bits per heavy atom. The first-order chi connectivity index (χ1) is 5.90. The van der Waals surface area contributed by atoms with E-state index in [1.807, 2.05) is 0 Å². The number of rotatable bonds is 1. The van der Waals surface area contributed by atoms with Gasteiger partial charge in [0.25, 0.3) is 0 Å². The number of ether oxygens (including phenoxy) is 1. The summed E-state index contributed by atoms with van der Waals surface area (Å²) in [5.41, 5.74) is 4.73. The van der Waals surface area contributed by atoms with Crippen molar-refractivity contribution >= 4 is 15.7 Å². The molecule has 6 heteroatoms. The second kappa shape index (κ2) is 3.26. The molecule has 0 aromatic heterocycles. The van der Waals surface area contributed by atoms with Gasteiger partial charge in [-0.3, -0.25) is 9.57 Å². The number of nitrogens with two attached hydrogens (primary N) is 1. The molecule has 1 heterocycles. The van der Waals surface area contributed by atoms with Crippen molar-refractivity contribution in [3.8, 4) is 0 Å². The SMILES string of the molecule is COC(=O)C1(N)CCS(=N)(=O)CC1. The maximum atomic E-state index is 11.3. The molecule has 13 heavy (non-hydrogen) atoms. The number of hydrogen-bond acceptors (Lipinski definition) is 5. The zero-order valence-electron chi connectivity index (χ0n) is 7.54.